The molecule has 2 aliphatic rings. The lowest BCUT2D eigenvalue weighted by Gasteiger charge is -2.18. The number of amides is 1. The molecule has 1 heterocycles. The highest BCUT2D eigenvalue weighted by molar-refractivity contribution is 5.89. The Labute approximate surface area is 197 Å². The quantitative estimate of drug-likeness (QED) is 0.348. The molecule has 4 rings (SSSR count). The molecule has 0 saturated heterocycles. The number of anilines is 1. The van der Waals surface area contributed by atoms with Crippen molar-refractivity contribution in [1.29, 1.82) is 0 Å². The van der Waals surface area contributed by atoms with E-state index >= 15 is 0 Å². The topological polar surface area (TPSA) is 62.2 Å². The van der Waals surface area contributed by atoms with E-state index in [1.165, 1.54) is 16.7 Å². The number of pyridine rings is 1. The van der Waals surface area contributed by atoms with Crippen LogP contribution in [0.1, 0.15) is 56.1 Å². The molecular formula is C29H36N2O2. The van der Waals surface area contributed by atoms with Gasteiger partial charge in [-0.25, -0.2) is 4.98 Å². The number of benzene rings is 1. The van der Waals surface area contributed by atoms with E-state index in [0.717, 1.165) is 44.9 Å². The summed E-state index contributed by atoms with van der Waals surface area (Å²) in [5, 5.41) is 13.5. The Balaban J connectivity index is 1.17. The van der Waals surface area contributed by atoms with Crippen LogP contribution in [0.2, 0.25) is 0 Å². The number of carbonyl (C=O) groups is 1. The number of rotatable bonds is 10. The van der Waals surface area contributed by atoms with Gasteiger partial charge in [-0.05, 0) is 81.4 Å². The van der Waals surface area contributed by atoms with Crippen molar-refractivity contribution in [2.75, 3.05) is 5.32 Å². The fourth-order valence-electron chi connectivity index (χ4n) is 5.44. The van der Waals surface area contributed by atoms with Crippen molar-refractivity contribution in [1.82, 2.24) is 4.98 Å². The maximum atomic E-state index is 12.1. The molecule has 1 aromatic heterocycles. The number of aromatic nitrogens is 1. The number of aliphatic hydroxyl groups excluding tert-OH is 1. The summed E-state index contributed by atoms with van der Waals surface area (Å²) >= 11 is 0. The van der Waals surface area contributed by atoms with Crippen LogP contribution in [0.25, 0.3) is 0 Å². The number of unbranched alkanes of at least 4 members (excludes halogenated alkanes) is 1. The van der Waals surface area contributed by atoms with Crippen LogP contribution in [0.4, 0.5) is 5.82 Å². The van der Waals surface area contributed by atoms with Gasteiger partial charge in [0, 0.05) is 18.5 Å². The van der Waals surface area contributed by atoms with Gasteiger partial charge < -0.3 is 10.4 Å². The summed E-state index contributed by atoms with van der Waals surface area (Å²) < 4.78 is 0. The summed E-state index contributed by atoms with van der Waals surface area (Å²) in [5.41, 5.74) is 4.20. The maximum Gasteiger partial charge on any atom is 0.225 e. The Kier molecular flexibility index (Phi) is 8.11. The normalized spacial score (nSPS) is 24.1. The van der Waals surface area contributed by atoms with Crippen molar-refractivity contribution in [3.8, 4) is 0 Å². The van der Waals surface area contributed by atoms with E-state index in [1.54, 1.807) is 6.20 Å². The van der Waals surface area contributed by atoms with E-state index in [1.807, 2.05) is 18.2 Å². The van der Waals surface area contributed by atoms with Gasteiger partial charge in [0.1, 0.15) is 5.82 Å². The highest BCUT2D eigenvalue weighted by Crippen LogP contribution is 2.48. The summed E-state index contributed by atoms with van der Waals surface area (Å²) in [6.07, 6.45) is 16.0. The number of allylic oxidation sites excluding steroid dienone is 3. The van der Waals surface area contributed by atoms with Gasteiger partial charge in [0.15, 0.2) is 0 Å². The minimum atomic E-state index is -0.219. The third-order valence-electron chi connectivity index (χ3n) is 7.07. The van der Waals surface area contributed by atoms with Crippen LogP contribution in [0.5, 0.6) is 0 Å². The molecular weight excluding hydrogens is 408 g/mol. The van der Waals surface area contributed by atoms with Crippen LogP contribution in [-0.2, 0) is 11.2 Å². The molecule has 1 aromatic carbocycles. The van der Waals surface area contributed by atoms with E-state index < -0.39 is 0 Å². The molecule has 0 aliphatic heterocycles. The molecule has 1 fully saturated rings. The van der Waals surface area contributed by atoms with Gasteiger partial charge >= 0.3 is 0 Å². The fourth-order valence-corrected chi connectivity index (χ4v) is 5.44. The summed E-state index contributed by atoms with van der Waals surface area (Å²) in [5.74, 6) is 1.97. The number of aliphatic hydroxyl groups is 1. The van der Waals surface area contributed by atoms with Gasteiger partial charge in [-0.3, -0.25) is 4.79 Å². The Morgan fingerprint density at radius 3 is 2.91 bits per heavy atom. The first-order chi connectivity index (χ1) is 16.1. The third-order valence-corrected chi connectivity index (χ3v) is 7.07. The van der Waals surface area contributed by atoms with E-state index in [9.17, 15) is 9.90 Å². The molecule has 1 amide bonds. The lowest BCUT2D eigenvalue weighted by molar-refractivity contribution is -0.116. The molecule has 2 aliphatic carbocycles. The van der Waals surface area contributed by atoms with Crippen molar-refractivity contribution in [3.05, 3.63) is 83.6 Å². The molecule has 0 bridgehead atoms. The first-order valence-electron chi connectivity index (χ1n) is 12.4. The zero-order valence-corrected chi connectivity index (χ0v) is 19.6. The van der Waals surface area contributed by atoms with E-state index in [0.29, 0.717) is 24.1 Å². The summed E-state index contributed by atoms with van der Waals surface area (Å²) in [6, 6.07) is 14.2. The Morgan fingerprint density at radius 1 is 1.18 bits per heavy atom. The minimum absolute atomic E-state index is 0.0324. The number of hydrogen-bond donors (Lipinski definition) is 2. The summed E-state index contributed by atoms with van der Waals surface area (Å²) in [4.78, 5) is 16.2. The van der Waals surface area contributed by atoms with Gasteiger partial charge in [-0.15, -0.1) is 0 Å². The molecule has 2 aromatic rings. The molecule has 4 heteroatoms. The van der Waals surface area contributed by atoms with Crippen LogP contribution < -0.4 is 5.32 Å². The van der Waals surface area contributed by atoms with Gasteiger partial charge in [-0.1, -0.05) is 59.7 Å². The molecule has 2 N–H and O–H groups in total. The summed E-state index contributed by atoms with van der Waals surface area (Å²) in [6.45, 7) is 2.13. The molecule has 1 saturated carbocycles. The average Bonchev–Trinajstić information content (AvgIpc) is 3.32. The minimum Gasteiger partial charge on any atom is -0.392 e. The van der Waals surface area contributed by atoms with E-state index in [-0.39, 0.29) is 17.9 Å². The predicted molar refractivity (Wildman–Crippen MR) is 134 cm³/mol. The monoisotopic (exact) mass is 444 g/mol. The molecule has 4 atom stereocenters. The van der Waals surface area contributed by atoms with E-state index in [2.05, 4.69) is 59.7 Å². The van der Waals surface area contributed by atoms with Crippen LogP contribution in [0.15, 0.2) is 72.5 Å². The second-order valence-corrected chi connectivity index (χ2v) is 9.66. The molecule has 4 nitrogen and oxygen atoms in total. The number of nitrogens with zero attached hydrogens (tertiary/aromatic N) is 1. The zero-order chi connectivity index (χ0) is 23.0. The molecule has 0 radical (unpaired) electrons. The van der Waals surface area contributed by atoms with Gasteiger partial charge in [0.2, 0.25) is 5.91 Å². The maximum absolute atomic E-state index is 12.1. The second kappa shape index (κ2) is 11.4. The standard InChI is InChI=1S/C29H36N2O2/c1-21-9-8-12-22(17-21)10-2-4-13-25-26-19-23(18-24(26)20-27(25)32)11-3-5-15-29(33)31-28-14-6-7-16-30-28/h4,6-9,12-14,16-18,24-27,32H,2-3,5,10-11,15,19-20H2,1H3,(H,30,31,33)/b13-4+/t24-,25+,26-,27+/m0/s1. The highest BCUT2D eigenvalue weighted by atomic mass is 16.3. The van der Waals surface area contributed by atoms with Crippen LogP contribution in [-0.4, -0.2) is 22.1 Å². The smallest absolute Gasteiger partial charge is 0.225 e. The third kappa shape index (κ3) is 6.64. The van der Waals surface area contributed by atoms with Crippen LogP contribution >= 0.6 is 0 Å². The zero-order valence-electron chi connectivity index (χ0n) is 19.6. The van der Waals surface area contributed by atoms with E-state index in [4.69, 9.17) is 0 Å². The van der Waals surface area contributed by atoms with Crippen LogP contribution in [0, 0.1) is 24.7 Å². The molecule has 33 heavy (non-hydrogen) atoms. The fraction of sp³-hybridized carbons (Fsp3) is 0.448. The van der Waals surface area contributed by atoms with Crippen molar-refractivity contribution < 1.29 is 9.90 Å². The Hall–Kier alpha value is -2.72. The average molecular weight is 445 g/mol. The number of hydrogen-bond acceptors (Lipinski definition) is 3. The number of nitrogens with one attached hydrogen (secondary N) is 1. The van der Waals surface area contributed by atoms with Gasteiger partial charge in [0.25, 0.3) is 0 Å². The molecule has 0 unspecified atom stereocenters. The summed E-state index contributed by atoms with van der Waals surface area (Å²) in [7, 11) is 0. The number of fused-ring (bicyclic) bond motifs is 1. The Bertz CT molecular complexity index is 982. The first kappa shape index (κ1) is 23.4. The highest BCUT2D eigenvalue weighted by Gasteiger charge is 2.43. The SMILES string of the molecule is Cc1cccc(CC/C=C/[C@@H]2[C@H]3CC(CCCCC(=O)Nc4ccccn4)=C[C@H]3C[C@H]2O)c1. The lowest BCUT2D eigenvalue weighted by atomic mass is 9.88. The predicted octanol–water partition coefficient (Wildman–Crippen LogP) is 6.02. The van der Waals surface area contributed by atoms with Crippen LogP contribution in [0.3, 0.4) is 0 Å². The number of aryl methyl sites for hydroxylation is 2. The Morgan fingerprint density at radius 2 is 2.09 bits per heavy atom. The first-order valence-corrected chi connectivity index (χ1v) is 12.4. The second-order valence-electron chi connectivity index (χ2n) is 9.66. The van der Waals surface area contributed by atoms with Gasteiger partial charge in [0.05, 0.1) is 6.10 Å². The molecule has 0 spiro atoms. The number of carbonyl (C=O) groups excluding carboxylic acids is 1. The van der Waals surface area contributed by atoms with Crippen molar-refractivity contribution >= 4 is 11.7 Å². The lowest BCUT2D eigenvalue weighted by Crippen LogP contribution is -2.17. The van der Waals surface area contributed by atoms with Crippen molar-refractivity contribution in [3.63, 3.8) is 0 Å². The van der Waals surface area contributed by atoms with Crippen molar-refractivity contribution in [2.45, 2.75) is 64.4 Å². The van der Waals surface area contributed by atoms with Gasteiger partial charge in [-0.2, -0.15) is 0 Å². The molecule has 174 valence electrons. The van der Waals surface area contributed by atoms with Crippen molar-refractivity contribution in [2.24, 2.45) is 17.8 Å². The largest absolute Gasteiger partial charge is 0.392 e.